The van der Waals surface area contributed by atoms with Crippen molar-refractivity contribution in [3.8, 4) is 0 Å². The van der Waals surface area contributed by atoms with E-state index in [-0.39, 0.29) is 24.3 Å². The Labute approximate surface area is 116 Å². The standard InChI is InChI=1S/C14H19F3N2O/c1-9(8-18)10(2)19-13(20)7-11-3-5-12(6-4-11)14(15,16)17/h3-6,9-10H,7-8,18H2,1-2H3,(H,19,20). The van der Waals surface area contributed by atoms with Crippen LogP contribution in [0.15, 0.2) is 24.3 Å². The maximum atomic E-state index is 12.4. The van der Waals surface area contributed by atoms with Crippen LogP contribution in [0.25, 0.3) is 0 Å². The number of amides is 1. The fraction of sp³-hybridized carbons (Fsp3) is 0.500. The summed E-state index contributed by atoms with van der Waals surface area (Å²) in [6.45, 7) is 4.23. The molecule has 2 atom stereocenters. The minimum Gasteiger partial charge on any atom is -0.353 e. The molecule has 0 bridgehead atoms. The average Bonchev–Trinajstić information content (AvgIpc) is 2.37. The van der Waals surface area contributed by atoms with Crippen LogP contribution in [0.3, 0.4) is 0 Å². The molecular weight excluding hydrogens is 269 g/mol. The molecule has 0 radical (unpaired) electrons. The Morgan fingerprint density at radius 1 is 1.25 bits per heavy atom. The van der Waals surface area contributed by atoms with E-state index < -0.39 is 11.7 Å². The summed E-state index contributed by atoms with van der Waals surface area (Å²) in [7, 11) is 0. The van der Waals surface area contributed by atoms with Crippen molar-refractivity contribution < 1.29 is 18.0 Å². The van der Waals surface area contributed by atoms with Crippen LogP contribution in [0, 0.1) is 5.92 Å². The number of nitrogens with one attached hydrogen (secondary N) is 1. The van der Waals surface area contributed by atoms with Crippen molar-refractivity contribution >= 4 is 5.91 Å². The van der Waals surface area contributed by atoms with Crippen LogP contribution >= 0.6 is 0 Å². The normalized spacial score (nSPS) is 14.7. The molecule has 1 rings (SSSR count). The van der Waals surface area contributed by atoms with Gasteiger partial charge in [0.25, 0.3) is 0 Å². The Hall–Kier alpha value is -1.56. The van der Waals surface area contributed by atoms with Crippen LogP contribution in [-0.4, -0.2) is 18.5 Å². The molecule has 3 nitrogen and oxygen atoms in total. The molecule has 1 aromatic rings. The van der Waals surface area contributed by atoms with Crippen molar-refractivity contribution in [1.29, 1.82) is 0 Å². The van der Waals surface area contributed by atoms with Gasteiger partial charge in [0.15, 0.2) is 0 Å². The van der Waals surface area contributed by atoms with Crippen molar-refractivity contribution in [2.45, 2.75) is 32.5 Å². The summed E-state index contributed by atoms with van der Waals surface area (Å²) in [5.41, 5.74) is 5.33. The van der Waals surface area contributed by atoms with Crippen LogP contribution in [0.5, 0.6) is 0 Å². The van der Waals surface area contributed by atoms with Crippen LogP contribution in [0.1, 0.15) is 25.0 Å². The summed E-state index contributed by atoms with van der Waals surface area (Å²) in [5.74, 6) is -0.0795. The van der Waals surface area contributed by atoms with Crippen molar-refractivity contribution in [3.63, 3.8) is 0 Å². The molecule has 20 heavy (non-hydrogen) atoms. The quantitative estimate of drug-likeness (QED) is 0.874. The summed E-state index contributed by atoms with van der Waals surface area (Å²) in [5, 5.41) is 2.78. The van der Waals surface area contributed by atoms with Gasteiger partial charge in [-0.2, -0.15) is 13.2 Å². The average molecular weight is 288 g/mol. The number of nitrogens with two attached hydrogens (primary N) is 1. The molecule has 0 heterocycles. The molecule has 0 aliphatic rings. The highest BCUT2D eigenvalue weighted by atomic mass is 19.4. The Bertz CT molecular complexity index is 443. The van der Waals surface area contributed by atoms with Crippen LogP contribution in [0.4, 0.5) is 13.2 Å². The van der Waals surface area contributed by atoms with Gasteiger partial charge >= 0.3 is 6.18 Å². The van der Waals surface area contributed by atoms with Crippen LogP contribution in [0.2, 0.25) is 0 Å². The first-order valence-electron chi connectivity index (χ1n) is 6.39. The topological polar surface area (TPSA) is 55.1 Å². The Morgan fingerprint density at radius 3 is 2.25 bits per heavy atom. The third kappa shape index (κ3) is 4.85. The van der Waals surface area contributed by atoms with Crippen LogP contribution < -0.4 is 11.1 Å². The lowest BCUT2D eigenvalue weighted by molar-refractivity contribution is -0.137. The smallest absolute Gasteiger partial charge is 0.353 e. The van der Waals surface area contributed by atoms with Gasteiger partial charge in [0, 0.05) is 6.04 Å². The van der Waals surface area contributed by atoms with Crippen molar-refractivity contribution in [1.82, 2.24) is 5.32 Å². The molecule has 0 saturated carbocycles. The van der Waals surface area contributed by atoms with E-state index in [0.29, 0.717) is 12.1 Å². The summed E-state index contributed by atoms with van der Waals surface area (Å²) in [6.07, 6.45) is -4.30. The lowest BCUT2D eigenvalue weighted by Gasteiger charge is -2.19. The molecule has 1 amide bonds. The first-order chi connectivity index (χ1) is 9.24. The fourth-order valence-corrected chi connectivity index (χ4v) is 1.65. The third-order valence-corrected chi connectivity index (χ3v) is 3.26. The zero-order valence-corrected chi connectivity index (χ0v) is 11.5. The molecule has 0 aromatic heterocycles. The SMILES string of the molecule is CC(CN)C(C)NC(=O)Cc1ccc(C(F)(F)F)cc1. The van der Waals surface area contributed by atoms with E-state index in [4.69, 9.17) is 5.73 Å². The second-order valence-electron chi connectivity index (χ2n) is 4.94. The molecule has 6 heteroatoms. The summed E-state index contributed by atoms with van der Waals surface area (Å²) < 4.78 is 37.2. The summed E-state index contributed by atoms with van der Waals surface area (Å²) >= 11 is 0. The Morgan fingerprint density at radius 2 is 1.80 bits per heavy atom. The van der Waals surface area contributed by atoms with Gasteiger partial charge in [0.1, 0.15) is 0 Å². The van der Waals surface area contributed by atoms with Crippen molar-refractivity contribution in [2.75, 3.05) is 6.54 Å². The summed E-state index contributed by atoms with van der Waals surface area (Å²) in [4.78, 5) is 11.8. The maximum Gasteiger partial charge on any atom is 0.416 e. The highest BCUT2D eigenvalue weighted by Crippen LogP contribution is 2.29. The van der Waals surface area contributed by atoms with Gasteiger partial charge in [-0.05, 0) is 37.1 Å². The Kier molecular flexibility index (Phi) is 5.56. The first-order valence-corrected chi connectivity index (χ1v) is 6.39. The van der Waals surface area contributed by atoms with E-state index in [1.54, 1.807) is 0 Å². The van der Waals surface area contributed by atoms with Crippen molar-refractivity contribution in [3.05, 3.63) is 35.4 Å². The number of benzene rings is 1. The van der Waals surface area contributed by atoms with E-state index in [0.717, 1.165) is 12.1 Å². The highest BCUT2D eigenvalue weighted by molar-refractivity contribution is 5.78. The Balaban J connectivity index is 2.59. The molecule has 0 aliphatic carbocycles. The monoisotopic (exact) mass is 288 g/mol. The number of hydrogen-bond donors (Lipinski definition) is 2. The van der Waals surface area contributed by atoms with Gasteiger partial charge < -0.3 is 11.1 Å². The van der Waals surface area contributed by atoms with Gasteiger partial charge in [-0.1, -0.05) is 19.1 Å². The number of halogens is 3. The maximum absolute atomic E-state index is 12.4. The van der Waals surface area contributed by atoms with E-state index in [1.165, 1.54) is 12.1 Å². The predicted octanol–water partition coefficient (Wildman–Crippen LogP) is 2.35. The molecule has 0 fully saturated rings. The number of hydrogen-bond acceptors (Lipinski definition) is 2. The minimum atomic E-state index is -4.36. The van der Waals surface area contributed by atoms with E-state index in [9.17, 15) is 18.0 Å². The van der Waals surface area contributed by atoms with Crippen LogP contribution in [-0.2, 0) is 17.4 Å². The van der Waals surface area contributed by atoms with E-state index in [1.807, 2.05) is 13.8 Å². The van der Waals surface area contributed by atoms with Gasteiger partial charge in [0.2, 0.25) is 5.91 Å². The fourth-order valence-electron chi connectivity index (χ4n) is 1.65. The molecule has 0 spiro atoms. The lowest BCUT2D eigenvalue weighted by atomic mass is 10.0. The largest absolute Gasteiger partial charge is 0.416 e. The van der Waals surface area contributed by atoms with E-state index >= 15 is 0 Å². The molecule has 0 aliphatic heterocycles. The molecular formula is C14H19F3N2O. The van der Waals surface area contributed by atoms with Gasteiger partial charge in [0.05, 0.1) is 12.0 Å². The number of alkyl halides is 3. The lowest BCUT2D eigenvalue weighted by Crippen LogP contribution is -2.40. The van der Waals surface area contributed by atoms with Gasteiger partial charge in [-0.15, -0.1) is 0 Å². The third-order valence-electron chi connectivity index (χ3n) is 3.26. The molecule has 112 valence electrons. The second kappa shape index (κ2) is 6.74. The zero-order chi connectivity index (χ0) is 15.3. The van der Waals surface area contributed by atoms with Crippen molar-refractivity contribution in [2.24, 2.45) is 11.7 Å². The van der Waals surface area contributed by atoms with Gasteiger partial charge in [-0.3, -0.25) is 4.79 Å². The van der Waals surface area contributed by atoms with E-state index in [2.05, 4.69) is 5.32 Å². The zero-order valence-electron chi connectivity index (χ0n) is 11.5. The van der Waals surface area contributed by atoms with Gasteiger partial charge in [-0.25, -0.2) is 0 Å². The number of rotatable bonds is 5. The number of carbonyl (C=O) groups excluding carboxylic acids is 1. The molecule has 2 unspecified atom stereocenters. The summed E-state index contributed by atoms with van der Waals surface area (Å²) in [6, 6.07) is 4.53. The molecule has 1 aromatic carbocycles. The second-order valence-corrected chi connectivity index (χ2v) is 4.94. The highest BCUT2D eigenvalue weighted by Gasteiger charge is 2.29. The molecule has 3 N–H and O–H groups in total. The predicted molar refractivity (Wildman–Crippen MR) is 71.0 cm³/mol. The minimum absolute atomic E-state index is 0.0553. The number of carbonyl (C=O) groups is 1. The molecule has 0 saturated heterocycles. The first kappa shape index (κ1) is 16.5.